The standard InChI is InChI=1S/C18H27NO2/c1-21-15-9-7-14(8-10-15)11-13-19-12-3-5-17(19)16-4-2-6-18(16)20/h7-10,16-18,20H,2-6,11-13H2,1H3. The second kappa shape index (κ2) is 6.80. The lowest BCUT2D eigenvalue weighted by molar-refractivity contribution is 0.0751. The molecule has 3 unspecified atom stereocenters. The van der Waals surface area contributed by atoms with Gasteiger partial charge in [-0.3, -0.25) is 4.90 Å². The first-order valence-corrected chi connectivity index (χ1v) is 8.33. The van der Waals surface area contributed by atoms with Crippen LogP contribution in [0.3, 0.4) is 0 Å². The first-order valence-electron chi connectivity index (χ1n) is 8.33. The van der Waals surface area contributed by atoms with Gasteiger partial charge in [0.2, 0.25) is 0 Å². The normalized spacial score (nSPS) is 29.9. The molecule has 1 aromatic carbocycles. The molecule has 3 heteroatoms. The van der Waals surface area contributed by atoms with E-state index in [-0.39, 0.29) is 6.10 Å². The molecule has 3 rings (SSSR count). The third kappa shape index (κ3) is 3.41. The van der Waals surface area contributed by atoms with E-state index in [9.17, 15) is 5.11 Å². The Hall–Kier alpha value is -1.06. The Morgan fingerprint density at radius 1 is 1.14 bits per heavy atom. The van der Waals surface area contributed by atoms with Crippen LogP contribution in [0.4, 0.5) is 0 Å². The van der Waals surface area contributed by atoms with E-state index in [1.165, 1.54) is 37.8 Å². The van der Waals surface area contributed by atoms with Crippen molar-refractivity contribution in [1.82, 2.24) is 4.90 Å². The first-order chi connectivity index (χ1) is 10.3. The van der Waals surface area contributed by atoms with Gasteiger partial charge in [-0.25, -0.2) is 0 Å². The van der Waals surface area contributed by atoms with E-state index in [1.807, 2.05) is 12.1 Å². The molecule has 2 fully saturated rings. The largest absolute Gasteiger partial charge is 0.497 e. The van der Waals surface area contributed by atoms with Crippen LogP contribution in [-0.4, -0.2) is 42.4 Å². The molecule has 116 valence electrons. The van der Waals surface area contributed by atoms with Crippen LogP contribution in [0.2, 0.25) is 0 Å². The zero-order valence-electron chi connectivity index (χ0n) is 13.0. The third-order valence-electron chi connectivity index (χ3n) is 5.29. The molecule has 1 aliphatic carbocycles. The Morgan fingerprint density at radius 2 is 1.95 bits per heavy atom. The van der Waals surface area contributed by atoms with Crippen molar-refractivity contribution in [3.63, 3.8) is 0 Å². The fourth-order valence-corrected chi connectivity index (χ4v) is 4.10. The molecule has 0 bridgehead atoms. The highest BCUT2D eigenvalue weighted by Crippen LogP contribution is 2.35. The van der Waals surface area contributed by atoms with Crippen molar-refractivity contribution in [3.8, 4) is 5.75 Å². The third-order valence-corrected chi connectivity index (χ3v) is 5.29. The molecule has 1 heterocycles. The Balaban J connectivity index is 1.56. The number of hydrogen-bond donors (Lipinski definition) is 1. The van der Waals surface area contributed by atoms with Gasteiger partial charge in [0, 0.05) is 18.5 Å². The van der Waals surface area contributed by atoms with Crippen LogP contribution in [0.25, 0.3) is 0 Å². The summed E-state index contributed by atoms with van der Waals surface area (Å²) in [5, 5.41) is 10.2. The van der Waals surface area contributed by atoms with Crippen LogP contribution in [-0.2, 0) is 6.42 Å². The number of rotatable bonds is 5. The maximum Gasteiger partial charge on any atom is 0.118 e. The number of aliphatic hydroxyl groups excluding tert-OH is 1. The van der Waals surface area contributed by atoms with Crippen LogP contribution >= 0.6 is 0 Å². The number of nitrogens with zero attached hydrogens (tertiary/aromatic N) is 1. The average molecular weight is 289 g/mol. The lowest BCUT2D eigenvalue weighted by Gasteiger charge is -2.31. The Morgan fingerprint density at radius 3 is 2.62 bits per heavy atom. The van der Waals surface area contributed by atoms with Crippen molar-refractivity contribution in [2.24, 2.45) is 5.92 Å². The number of aliphatic hydroxyl groups is 1. The van der Waals surface area contributed by atoms with E-state index in [0.717, 1.165) is 25.1 Å². The van der Waals surface area contributed by atoms with E-state index in [0.29, 0.717) is 12.0 Å². The summed E-state index contributed by atoms with van der Waals surface area (Å²) >= 11 is 0. The molecule has 1 N–H and O–H groups in total. The fourth-order valence-electron chi connectivity index (χ4n) is 4.10. The number of hydrogen-bond acceptors (Lipinski definition) is 3. The molecule has 3 nitrogen and oxygen atoms in total. The van der Waals surface area contributed by atoms with Gasteiger partial charge in [0.15, 0.2) is 0 Å². The molecular formula is C18H27NO2. The van der Waals surface area contributed by atoms with Gasteiger partial charge in [-0.15, -0.1) is 0 Å². The van der Waals surface area contributed by atoms with Crippen molar-refractivity contribution in [2.45, 2.75) is 50.7 Å². The van der Waals surface area contributed by atoms with Gasteiger partial charge in [-0.1, -0.05) is 18.6 Å². The minimum atomic E-state index is -0.0587. The predicted molar refractivity (Wildman–Crippen MR) is 84.6 cm³/mol. The van der Waals surface area contributed by atoms with Gasteiger partial charge in [0.25, 0.3) is 0 Å². The zero-order valence-corrected chi connectivity index (χ0v) is 13.0. The molecular weight excluding hydrogens is 262 g/mol. The SMILES string of the molecule is COc1ccc(CCN2CCCC2C2CCCC2O)cc1. The molecule has 1 saturated heterocycles. The van der Waals surface area contributed by atoms with Gasteiger partial charge in [0.05, 0.1) is 13.2 Å². The molecule has 0 aromatic heterocycles. The number of benzene rings is 1. The number of likely N-dealkylation sites (tertiary alicyclic amines) is 1. The first kappa shape index (κ1) is 14.9. The monoisotopic (exact) mass is 289 g/mol. The highest BCUT2D eigenvalue weighted by Gasteiger charge is 2.37. The predicted octanol–water partition coefficient (Wildman–Crippen LogP) is 2.86. The average Bonchev–Trinajstić information content (AvgIpc) is 3.13. The second-order valence-electron chi connectivity index (χ2n) is 6.51. The minimum Gasteiger partial charge on any atom is -0.497 e. The second-order valence-corrected chi connectivity index (χ2v) is 6.51. The summed E-state index contributed by atoms with van der Waals surface area (Å²) in [4.78, 5) is 2.61. The van der Waals surface area contributed by atoms with Crippen LogP contribution in [0, 0.1) is 5.92 Å². The van der Waals surface area contributed by atoms with E-state index >= 15 is 0 Å². The summed E-state index contributed by atoms with van der Waals surface area (Å²) in [7, 11) is 1.71. The number of methoxy groups -OCH3 is 1. The van der Waals surface area contributed by atoms with E-state index < -0.39 is 0 Å². The van der Waals surface area contributed by atoms with E-state index in [4.69, 9.17) is 4.74 Å². The van der Waals surface area contributed by atoms with Crippen molar-refractivity contribution in [2.75, 3.05) is 20.2 Å². The number of ether oxygens (including phenoxy) is 1. The molecule has 0 spiro atoms. The van der Waals surface area contributed by atoms with Gasteiger partial charge in [0.1, 0.15) is 5.75 Å². The highest BCUT2D eigenvalue weighted by atomic mass is 16.5. The molecule has 1 aromatic rings. The molecule has 21 heavy (non-hydrogen) atoms. The molecule has 1 saturated carbocycles. The molecule has 1 aliphatic heterocycles. The van der Waals surface area contributed by atoms with Crippen molar-refractivity contribution in [3.05, 3.63) is 29.8 Å². The quantitative estimate of drug-likeness (QED) is 0.904. The highest BCUT2D eigenvalue weighted by molar-refractivity contribution is 5.27. The fraction of sp³-hybridized carbons (Fsp3) is 0.667. The Bertz CT molecular complexity index is 445. The summed E-state index contributed by atoms with van der Waals surface area (Å²) < 4.78 is 5.21. The van der Waals surface area contributed by atoms with Crippen LogP contribution in [0.5, 0.6) is 5.75 Å². The Labute approximate surface area is 127 Å². The summed E-state index contributed by atoms with van der Waals surface area (Å²) in [6.45, 7) is 2.31. The summed E-state index contributed by atoms with van der Waals surface area (Å²) in [5.41, 5.74) is 1.37. The van der Waals surface area contributed by atoms with E-state index in [1.54, 1.807) is 7.11 Å². The molecule has 0 amide bonds. The van der Waals surface area contributed by atoms with Crippen molar-refractivity contribution >= 4 is 0 Å². The maximum absolute atomic E-state index is 10.2. The van der Waals surface area contributed by atoms with Crippen LogP contribution in [0.15, 0.2) is 24.3 Å². The smallest absolute Gasteiger partial charge is 0.118 e. The van der Waals surface area contributed by atoms with Gasteiger partial charge in [-0.05, 0) is 56.3 Å². The van der Waals surface area contributed by atoms with Crippen LogP contribution in [0.1, 0.15) is 37.7 Å². The summed E-state index contributed by atoms with van der Waals surface area (Å²) in [5.74, 6) is 1.44. The van der Waals surface area contributed by atoms with Crippen molar-refractivity contribution in [1.29, 1.82) is 0 Å². The lowest BCUT2D eigenvalue weighted by Crippen LogP contribution is -2.39. The van der Waals surface area contributed by atoms with E-state index in [2.05, 4.69) is 17.0 Å². The van der Waals surface area contributed by atoms with Gasteiger partial charge < -0.3 is 9.84 Å². The van der Waals surface area contributed by atoms with Crippen LogP contribution < -0.4 is 4.74 Å². The molecule has 3 atom stereocenters. The summed E-state index contributed by atoms with van der Waals surface area (Å²) in [6.07, 6.45) is 7.01. The summed E-state index contributed by atoms with van der Waals surface area (Å²) in [6, 6.07) is 9.01. The molecule has 0 radical (unpaired) electrons. The molecule has 2 aliphatic rings. The van der Waals surface area contributed by atoms with Crippen molar-refractivity contribution < 1.29 is 9.84 Å². The zero-order chi connectivity index (χ0) is 14.7. The topological polar surface area (TPSA) is 32.7 Å². The Kier molecular flexibility index (Phi) is 4.81. The van der Waals surface area contributed by atoms with Gasteiger partial charge >= 0.3 is 0 Å². The minimum absolute atomic E-state index is 0.0587. The maximum atomic E-state index is 10.2. The lowest BCUT2D eigenvalue weighted by atomic mass is 9.94. The van der Waals surface area contributed by atoms with Gasteiger partial charge in [-0.2, -0.15) is 0 Å².